The molecule has 0 fully saturated rings. The summed E-state index contributed by atoms with van der Waals surface area (Å²) in [5, 5.41) is 0. The molecule has 2 nitrogen and oxygen atoms in total. The molecule has 1 aliphatic rings. The fraction of sp³-hybridized carbons (Fsp3) is 0.200. The van der Waals surface area contributed by atoms with Gasteiger partial charge in [0, 0.05) is 12.0 Å². The van der Waals surface area contributed by atoms with Gasteiger partial charge >= 0.3 is 0 Å². The molecule has 0 saturated heterocycles. The summed E-state index contributed by atoms with van der Waals surface area (Å²) >= 11 is 0. The standard InChI is InChI=1S/C15H13F2NO/c16-12-5-4-10(8-13(12)17)14(18)11-3-1-2-9-6-7-19-15(9)11/h1-5,8,14H,6-7,18H2. The first-order valence-corrected chi connectivity index (χ1v) is 6.12. The summed E-state index contributed by atoms with van der Waals surface area (Å²) < 4.78 is 31.8. The molecule has 4 heteroatoms. The second-order valence-electron chi connectivity index (χ2n) is 4.59. The van der Waals surface area contributed by atoms with Gasteiger partial charge in [-0.25, -0.2) is 8.78 Å². The molecule has 0 saturated carbocycles. The van der Waals surface area contributed by atoms with E-state index >= 15 is 0 Å². The van der Waals surface area contributed by atoms with E-state index in [1.165, 1.54) is 6.07 Å². The van der Waals surface area contributed by atoms with E-state index in [1.54, 1.807) is 0 Å². The summed E-state index contributed by atoms with van der Waals surface area (Å²) in [7, 11) is 0. The van der Waals surface area contributed by atoms with E-state index in [0.717, 1.165) is 35.4 Å². The van der Waals surface area contributed by atoms with Gasteiger partial charge in [0.05, 0.1) is 12.6 Å². The lowest BCUT2D eigenvalue weighted by Gasteiger charge is -2.16. The van der Waals surface area contributed by atoms with Crippen LogP contribution in [-0.2, 0) is 6.42 Å². The molecule has 0 radical (unpaired) electrons. The van der Waals surface area contributed by atoms with E-state index in [-0.39, 0.29) is 0 Å². The third-order valence-electron chi connectivity index (χ3n) is 3.38. The van der Waals surface area contributed by atoms with Crippen molar-refractivity contribution < 1.29 is 13.5 Å². The molecule has 0 aliphatic carbocycles. The molecule has 0 spiro atoms. The Kier molecular flexibility index (Phi) is 2.95. The fourth-order valence-electron chi connectivity index (χ4n) is 2.37. The number of rotatable bonds is 2. The molecule has 3 rings (SSSR count). The van der Waals surface area contributed by atoms with Gasteiger partial charge in [0.25, 0.3) is 0 Å². The molecule has 2 aromatic carbocycles. The lowest BCUT2D eigenvalue weighted by atomic mass is 9.96. The van der Waals surface area contributed by atoms with Crippen LogP contribution in [0.5, 0.6) is 5.75 Å². The zero-order chi connectivity index (χ0) is 13.4. The number of benzene rings is 2. The minimum Gasteiger partial charge on any atom is -0.493 e. The van der Waals surface area contributed by atoms with Gasteiger partial charge in [0.2, 0.25) is 0 Å². The first kappa shape index (κ1) is 12.1. The van der Waals surface area contributed by atoms with Gasteiger partial charge in [-0.2, -0.15) is 0 Å². The molecule has 19 heavy (non-hydrogen) atoms. The minimum atomic E-state index is -0.888. The molecule has 1 atom stereocenters. The number of nitrogens with two attached hydrogens (primary N) is 1. The molecule has 1 heterocycles. The maximum atomic E-state index is 13.3. The van der Waals surface area contributed by atoms with E-state index in [9.17, 15) is 8.78 Å². The van der Waals surface area contributed by atoms with Gasteiger partial charge in [0.15, 0.2) is 11.6 Å². The van der Waals surface area contributed by atoms with Crippen LogP contribution >= 0.6 is 0 Å². The highest BCUT2D eigenvalue weighted by atomic mass is 19.2. The number of fused-ring (bicyclic) bond motifs is 1. The van der Waals surface area contributed by atoms with Crippen LogP contribution in [0.2, 0.25) is 0 Å². The smallest absolute Gasteiger partial charge is 0.159 e. The highest BCUT2D eigenvalue weighted by Crippen LogP contribution is 2.35. The fourth-order valence-corrected chi connectivity index (χ4v) is 2.37. The third kappa shape index (κ3) is 2.08. The molecular formula is C15H13F2NO. The molecule has 0 aromatic heterocycles. The zero-order valence-corrected chi connectivity index (χ0v) is 10.2. The van der Waals surface area contributed by atoms with Crippen LogP contribution in [0.4, 0.5) is 8.78 Å². The number of para-hydroxylation sites is 1. The first-order valence-electron chi connectivity index (χ1n) is 6.12. The van der Waals surface area contributed by atoms with Crippen LogP contribution in [0.3, 0.4) is 0 Å². The van der Waals surface area contributed by atoms with Crippen LogP contribution < -0.4 is 10.5 Å². The number of halogens is 2. The van der Waals surface area contributed by atoms with E-state index in [2.05, 4.69) is 0 Å². The van der Waals surface area contributed by atoms with Crippen LogP contribution in [0.25, 0.3) is 0 Å². The molecule has 1 aliphatic heterocycles. The summed E-state index contributed by atoms with van der Waals surface area (Å²) in [6.45, 7) is 0.636. The number of hydrogen-bond donors (Lipinski definition) is 1. The maximum Gasteiger partial charge on any atom is 0.159 e. The van der Waals surface area contributed by atoms with Gasteiger partial charge in [0.1, 0.15) is 5.75 Å². The van der Waals surface area contributed by atoms with Crippen molar-refractivity contribution in [3.63, 3.8) is 0 Å². The van der Waals surface area contributed by atoms with Crippen molar-refractivity contribution in [1.29, 1.82) is 0 Å². The van der Waals surface area contributed by atoms with Crippen LogP contribution in [0.1, 0.15) is 22.7 Å². The van der Waals surface area contributed by atoms with Crippen molar-refractivity contribution in [2.45, 2.75) is 12.5 Å². The predicted octanol–water partition coefficient (Wildman–Crippen LogP) is 2.95. The van der Waals surface area contributed by atoms with E-state index in [4.69, 9.17) is 10.5 Å². The van der Waals surface area contributed by atoms with Crippen molar-refractivity contribution in [3.05, 3.63) is 64.7 Å². The van der Waals surface area contributed by atoms with E-state index in [1.807, 2.05) is 18.2 Å². The molecule has 2 aromatic rings. The van der Waals surface area contributed by atoms with Gasteiger partial charge in [-0.05, 0) is 23.3 Å². The Balaban J connectivity index is 2.02. The first-order chi connectivity index (χ1) is 9.16. The highest BCUT2D eigenvalue weighted by Gasteiger charge is 2.21. The van der Waals surface area contributed by atoms with Gasteiger partial charge in [-0.15, -0.1) is 0 Å². The topological polar surface area (TPSA) is 35.2 Å². The lowest BCUT2D eigenvalue weighted by Crippen LogP contribution is -2.13. The summed E-state index contributed by atoms with van der Waals surface area (Å²) in [5.74, 6) is -0.980. The predicted molar refractivity (Wildman–Crippen MR) is 68.0 cm³/mol. The molecule has 2 N–H and O–H groups in total. The molecule has 0 bridgehead atoms. The zero-order valence-electron chi connectivity index (χ0n) is 10.2. The number of ether oxygens (including phenoxy) is 1. The second-order valence-corrected chi connectivity index (χ2v) is 4.59. The van der Waals surface area contributed by atoms with Crippen LogP contribution in [-0.4, -0.2) is 6.61 Å². The molecule has 98 valence electrons. The van der Waals surface area contributed by atoms with Crippen molar-refractivity contribution in [1.82, 2.24) is 0 Å². The Labute approximate surface area is 109 Å². The summed E-state index contributed by atoms with van der Waals surface area (Å²) in [6.07, 6.45) is 0.855. The van der Waals surface area contributed by atoms with Gasteiger partial charge in [-0.1, -0.05) is 24.3 Å². The Bertz CT molecular complexity index is 628. The second kappa shape index (κ2) is 4.63. The van der Waals surface area contributed by atoms with Crippen molar-refractivity contribution in [3.8, 4) is 5.75 Å². The summed E-state index contributed by atoms with van der Waals surface area (Å²) in [5.41, 5.74) is 8.58. The van der Waals surface area contributed by atoms with Gasteiger partial charge in [-0.3, -0.25) is 0 Å². The maximum absolute atomic E-state index is 13.3. The average Bonchev–Trinajstić information content (AvgIpc) is 2.89. The third-order valence-corrected chi connectivity index (χ3v) is 3.38. The Morgan fingerprint density at radius 1 is 1.11 bits per heavy atom. The molecular weight excluding hydrogens is 248 g/mol. The van der Waals surface area contributed by atoms with Gasteiger partial charge < -0.3 is 10.5 Å². The van der Waals surface area contributed by atoms with Crippen LogP contribution in [0.15, 0.2) is 36.4 Å². The van der Waals surface area contributed by atoms with Crippen molar-refractivity contribution in [2.75, 3.05) is 6.61 Å². The Morgan fingerprint density at radius 2 is 1.95 bits per heavy atom. The lowest BCUT2D eigenvalue weighted by molar-refractivity contribution is 0.352. The largest absolute Gasteiger partial charge is 0.493 e. The van der Waals surface area contributed by atoms with E-state index in [0.29, 0.717) is 12.2 Å². The molecule has 1 unspecified atom stereocenters. The quantitative estimate of drug-likeness (QED) is 0.902. The van der Waals surface area contributed by atoms with Crippen molar-refractivity contribution >= 4 is 0 Å². The Hall–Kier alpha value is -1.94. The average molecular weight is 261 g/mol. The molecule has 0 amide bonds. The number of hydrogen-bond acceptors (Lipinski definition) is 2. The summed E-state index contributed by atoms with van der Waals surface area (Å²) in [4.78, 5) is 0. The van der Waals surface area contributed by atoms with Crippen molar-refractivity contribution in [2.24, 2.45) is 5.73 Å². The minimum absolute atomic E-state index is 0.525. The monoisotopic (exact) mass is 261 g/mol. The SMILES string of the molecule is NC(c1ccc(F)c(F)c1)c1cccc2c1OCC2. The Morgan fingerprint density at radius 3 is 2.74 bits per heavy atom. The van der Waals surface area contributed by atoms with E-state index < -0.39 is 17.7 Å². The normalized spacial score (nSPS) is 14.9. The highest BCUT2D eigenvalue weighted by molar-refractivity contribution is 5.48. The summed E-state index contributed by atoms with van der Waals surface area (Å²) in [6, 6.07) is 8.95. The van der Waals surface area contributed by atoms with Crippen LogP contribution in [0, 0.1) is 11.6 Å².